The molecule has 1 aliphatic rings. The molecule has 2 amide bonds. The lowest BCUT2D eigenvalue weighted by Gasteiger charge is -2.37. The molecule has 6 nitrogen and oxygen atoms in total. The van der Waals surface area contributed by atoms with Crippen molar-refractivity contribution in [1.29, 1.82) is 0 Å². The molecule has 1 heterocycles. The van der Waals surface area contributed by atoms with Crippen molar-refractivity contribution in [1.82, 2.24) is 5.32 Å². The van der Waals surface area contributed by atoms with E-state index >= 15 is 0 Å². The summed E-state index contributed by atoms with van der Waals surface area (Å²) >= 11 is 0. The van der Waals surface area contributed by atoms with E-state index in [0.29, 0.717) is 35.6 Å². The molecule has 7 heteroatoms. The lowest BCUT2D eigenvalue weighted by molar-refractivity contribution is -0.118. The van der Waals surface area contributed by atoms with Crippen LogP contribution in [0.25, 0.3) is 0 Å². The lowest BCUT2D eigenvalue weighted by Crippen LogP contribution is -2.45. The number of nitrogens with one attached hydrogen (secondary N) is 2. The lowest BCUT2D eigenvalue weighted by atomic mass is 10.0. The van der Waals surface area contributed by atoms with Gasteiger partial charge in [-0.3, -0.25) is 9.59 Å². The number of rotatable bonds is 6. The minimum absolute atomic E-state index is 0.00221. The number of morpholine rings is 1. The molecule has 0 saturated carbocycles. The monoisotopic (exact) mass is 461 g/mol. The molecule has 1 saturated heterocycles. The smallest absolute Gasteiger partial charge is 0.252 e. The molecule has 3 unspecified atom stereocenters. The zero-order valence-electron chi connectivity index (χ0n) is 19.2. The zero-order chi connectivity index (χ0) is 24.1. The van der Waals surface area contributed by atoms with Crippen LogP contribution in [0.3, 0.4) is 0 Å². The first-order chi connectivity index (χ1) is 16.4. The fraction of sp³-hybridized carbons (Fsp3) is 0.259. The highest BCUT2D eigenvalue weighted by atomic mass is 19.1. The van der Waals surface area contributed by atoms with Crippen molar-refractivity contribution in [2.75, 3.05) is 23.3 Å². The Balaban J connectivity index is 1.52. The maximum Gasteiger partial charge on any atom is 0.252 e. The topological polar surface area (TPSA) is 70.7 Å². The van der Waals surface area contributed by atoms with Gasteiger partial charge in [-0.2, -0.15) is 0 Å². The second-order valence-electron chi connectivity index (χ2n) is 8.50. The summed E-state index contributed by atoms with van der Waals surface area (Å²) in [7, 11) is 0. The number of benzene rings is 3. The van der Waals surface area contributed by atoms with E-state index in [0.717, 1.165) is 0 Å². The maximum atomic E-state index is 15.0. The van der Waals surface area contributed by atoms with E-state index in [9.17, 15) is 14.0 Å². The van der Waals surface area contributed by atoms with E-state index < -0.39 is 17.8 Å². The molecule has 3 atom stereocenters. The second kappa shape index (κ2) is 10.5. The van der Waals surface area contributed by atoms with Crippen molar-refractivity contribution >= 4 is 23.2 Å². The molecule has 0 aliphatic carbocycles. The Labute approximate surface area is 198 Å². The van der Waals surface area contributed by atoms with Gasteiger partial charge in [0, 0.05) is 24.3 Å². The molecule has 3 aromatic rings. The van der Waals surface area contributed by atoms with E-state index in [2.05, 4.69) is 10.6 Å². The molecule has 34 heavy (non-hydrogen) atoms. The number of carbonyl (C=O) groups is 2. The van der Waals surface area contributed by atoms with Gasteiger partial charge in [-0.1, -0.05) is 48.5 Å². The summed E-state index contributed by atoms with van der Waals surface area (Å²) in [5, 5.41) is 5.54. The van der Waals surface area contributed by atoms with Gasteiger partial charge in [0.05, 0.1) is 17.9 Å². The van der Waals surface area contributed by atoms with Crippen LogP contribution >= 0.6 is 0 Å². The number of nitrogens with zero attached hydrogens (tertiary/aromatic N) is 1. The summed E-state index contributed by atoms with van der Waals surface area (Å²) in [5.74, 6) is -1.26. The Kier molecular flexibility index (Phi) is 7.23. The minimum Gasteiger partial charge on any atom is -0.372 e. The largest absolute Gasteiger partial charge is 0.372 e. The van der Waals surface area contributed by atoms with Crippen LogP contribution in [0.2, 0.25) is 0 Å². The highest BCUT2D eigenvalue weighted by Gasteiger charge is 2.26. The summed E-state index contributed by atoms with van der Waals surface area (Å²) < 4.78 is 20.7. The Hall–Kier alpha value is -3.71. The highest BCUT2D eigenvalue weighted by molar-refractivity contribution is 6.01. The zero-order valence-corrected chi connectivity index (χ0v) is 19.2. The highest BCUT2D eigenvalue weighted by Crippen LogP contribution is 2.27. The van der Waals surface area contributed by atoms with Gasteiger partial charge < -0.3 is 20.3 Å². The van der Waals surface area contributed by atoms with Crippen LogP contribution in [0.15, 0.2) is 78.9 Å². The van der Waals surface area contributed by atoms with E-state index in [-0.39, 0.29) is 18.1 Å². The Morgan fingerprint density at radius 3 is 2.18 bits per heavy atom. The predicted molar refractivity (Wildman–Crippen MR) is 130 cm³/mol. The van der Waals surface area contributed by atoms with Gasteiger partial charge >= 0.3 is 0 Å². The molecule has 3 aromatic carbocycles. The molecule has 0 spiro atoms. The number of carbonyl (C=O) groups excluding carboxylic acids is 2. The van der Waals surface area contributed by atoms with Crippen molar-refractivity contribution in [3.8, 4) is 0 Å². The molecule has 0 bridgehead atoms. The number of hydrogen-bond donors (Lipinski definition) is 2. The second-order valence-corrected chi connectivity index (χ2v) is 8.50. The predicted octanol–water partition coefficient (Wildman–Crippen LogP) is 4.55. The summed E-state index contributed by atoms with van der Waals surface area (Å²) in [6.45, 7) is 5.11. The molecule has 2 N–H and O–H groups in total. The number of ether oxygens (including phenoxy) is 1. The summed E-state index contributed by atoms with van der Waals surface area (Å²) in [5.41, 5.74) is 1.85. The standard InChI is InChI=1S/C27H28FN3O3/c1-18-16-31(17-19(2)34-18)24-14-13-22(15-23(24)28)29-27(33)25(20-9-5-3-6-10-20)30-26(32)21-11-7-4-8-12-21/h3-15,18-19,25H,16-17H2,1-2H3,(H,29,33)(H,30,32). The summed E-state index contributed by atoms with van der Waals surface area (Å²) in [6, 6.07) is 21.3. The van der Waals surface area contributed by atoms with E-state index in [1.54, 1.807) is 60.7 Å². The van der Waals surface area contributed by atoms with E-state index in [4.69, 9.17) is 4.74 Å². The van der Waals surface area contributed by atoms with Crippen LogP contribution in [0.4, 0.5) is 15.8 Å². The number of amides is 2. The third-order valence-electron chi connectivity index (χ3n) is 5.68. The molecule has 0 aromatic heterocycles. The van der Waals surface area contributed by atoms with Crippen LogP contribution in [0.5, 0.6) is 0 Å². The number of halogens is 1. The molecule has 1 aliphatic heterocycles. The van der Waals surface area contributed by atoms with E-state index in [1.807, 2.05) is 30.9 Å². The van der Waals surface area contributed by atoms with E-state index in [1.165, 1.54) is 6.07 Å². The average Bonchev–Trinajstić information content (AvgIpc) is 2.83. The minimum atomic E-state index is -0.947. The first kappa shape index (κ1) is 23.4. The summed E-state index contributed by atoms with van der Waals surface area (Å²) in [4.78, 5) is 27.9. The Morgan fingerprint density at radius 1 is 0.941 bits per heavy atom. The van der Waals surface area contributed by atoms with Gasteiger partial charge in [0.15, 0.2) is 0 Å². The third kappa shape index (κ3) is 5.61. The summed E-state index contributed by atoms with van der Waals surface area (Å²) in [6.07, 6.45) is 0.00442. The van der Waals surface area contributed by atoms with Gasteiger partial charge in [0.1, 0.15) is 11.9 Å². The van der Waals surface area contributed by atoms with Gasteiger partial charge in [-0.25, -0.2) is 4.39 Å². The number of anilines is 2. The normalized spacial score (nSPS) is 18.7. The quantitative estimate of drug-likeness (QED) is 0.565. The van der Waals surface area contributed by atoms with Crippen molar-refractivity contribution in [3.05, 3.63) is 95.8 Å². The first-order valence-corrected chi connectivity index (χ1v) is 11.3. The van der Waals surface area contributed by atoms with Crippen LogP contribution in [0.1, 0.15) is 35.8 Å². The van der Waals surface area contributed by atoms with Gasteiger partial charge in [0.25, 0.3) is 11.8 Å². The molecule has 4 rings (SSSR count). The average molecular weight is 462 g/mol. The first-order valence-electron chi connectivity index (χ1n) is 11.3. The fourth-order valence-corrected chi connectivity index (χ4v) is 4.18. The number of hydrogen-bond acceptors (Lipinski definition) is 4. The molecular weight excluding hydrogens is 433 g/mol. The van der Waals surface area contributed by atoms with Crippen LogP contribution in [-0.4, -0.2) is 37.1 Å². The van der Waals surface area contributed by atoms with Crippen molar-refractivity contribution in [3.63, 3.8) is 0 Å². The molecular formula is C27H28FN3O3. The molecule has 176 valence electrons. The maximum absolute atomic E-state index is 15.0. The SMILES string of the molecule is CC1CN(c2ccc(NC(=O)C(NC(=O)c3ccccc3)c3ccccc3)cc2F)CC(C)O1. The Bertz CT molecular complexity index is 1130. The van der Waals surface area contributed by atoms with Gasteiger partial charge in [-0.15, -0.1) is 0 Å². The van der Waals surface area contributed by atoms with Crippen LogP contribution < -0.4 is 15.5 Å². The van der Waals surface area contributed by atoms with Gasteiger partial charge in [-0.05, 0) is 49.7 Å². The van der Waals surface area contributed by atoms with Crippen LogP contribution in [0, 0.1) is 5.82 Å². The van der Waals surface area contributed by atoms with Crippen molar-refractivity contribution in [2.45, 2.75) is 32.1 Å². The van der Waals surface area contributed by atoms with Gasteiger partial charge in [0.2, 0.25) is 0 Å². The Morgan fingerprint density at radius 2 is 1.56 bits per heavy atom. The van der Waals surface area contributed by atoms with Crippen LogP contribution in [-0.2, 0) is 9.53 Å². The molecule has 1 fully saturated rings. The molecule has 0 radical (unpaired) electrons. The van der Waals surface area contributed by atoms with Crippen molar-refractivity contribution < 1.29 is 18.7 Å². The third-order valence-corrected chi connectivity index (χ3v) is 5.68. The fourth-order valence-electron chi connectivity index (χ4n) is 4.18. The van der Waals surface area contributed by atoms with Crippen molar-refractivity contribution in [2.24, 2.45) is 0 Å².